The summed E-state index contributed by atoms with van der Waals surface area (Å²) in [7, 11) is 0. The van der Waals surface area contributed by atoms with Crippen LogP contribution in [-0.4, -0.2) is 51.8 Å². The van der Waals surface area contributed by atoms with Crippen molar-refractivity contribution in [2.45, 2.75) is 76.9 Å². The summed E-state index contributed by atoms with van der Waals surface area (Å²) in [6.45, 7) is 5.30. The molecule has 7 nitrogen and oxygen atoms in total. The van der Waals surface area contributed by atoms with Crippen molar-refractivity contribution in [3.8, 4) is 11.3 Å². The van der Waals surface area contributed by atoms with Crippen LogP contribution in [0.15, 0.2) is 24.5 Å². The Kier molecular flexibility index (Phi) is 8.29. The second-order valence-corrected chi connectivity index (χ2v) is 9.34. The van der Waals surface area contributed by atoms with Crippen LogP contribution in [-0.2, 0) is 6.42 Å². The molecule has 32 heavy (non-hydrogen) atoms. The number of pyridine rings is 1. The highest BCUT2D eigenvalue weighted by atomic mass is 16.3. The highest BCUT2D eigenvalue weighted by molar-refractivity contribution is 5.73. The molecule has 4 rings (SSSR count). The molecule has 0 amide bonds. The summed E-state index contributed by atoms with van der Waals surface area (Å²) >= 11 is 0. The summed E-state index contributed by atoms with van der Waals surface area (Å²) in [5.41, 5.74) is 3.14. The number of nitrogens with zero attached hydrogens (tertiary/aromatic N) is 3. The van der Waals surface area contributed by atoms with Crippen LogP contribution in [0.5, 0.6) is 0 Å². The minimum Gasteiger partial charge on any atom is -0.393 e. The van der Waals surface area contributed by atoms with E-state index in [1.165, 1.54) is 18.4 Å². The van der Waals surface area contributed by atoms with Gasteiger partial charge in [-0.3, -0.25) is 4.98 Å². The second-order valence-electron chi connectivity index (χ2n) is 9.34. The van der Waals surface area contributed by atoms with Crippen LogP contribution in [0.4, 0.5) is 11.8 Å². The first-order valence-corrected chi connectivity index (χ1v) is 12.4. The van der Waals surface area contributed by atoms with E-state index < -0.39 is 0 Å². The molecule has 4 N–H and O–H groups in total. The lowest BCUT2D eigenvalue weighted by Gasteiger charge is -2.27. The summed E-state index contributed by atoms with van der Waals surface area (Å²) in [6, 6.07) is 4.63. The molecule has 0 unspecified atom stereocenters. The van der Waals surface area contributed by atoms with Crippen LogP contribution >= 0.6 is 0 Å². The van der Waals surface area contributed by atoms with Gasteiger partial charge in [-0.15, -0.1) is 0 Å². The molecule has 0 bridgehead atoms. The van der Waals surface area contributed by atoms with Crippen LogP contribution < -0.4 is 16.0 Å². The zero-order valence-electron chi connectivity index (χ0n) is 19.3. The molecular formula is C25H38N6O. The Balaban J connectivity index is 1.50. The number of aliphatic hydroxyl groups excluding tert-OH is 1. The minimum atomic E-state index is -0.168. The maximum atomic E-state index is 9.86. The first kappa shape index (κ1) is 22.9. The average molecular weight is 439 g/mol. The van der Waals surface area contributed by atoms with Crippen molar-refractivity contribution < 1.29 is 5.11 Å². The fraction of sp³-hybridized carbons (Fsp3) is 0.640. The number of unbranched alkanes of at least 4 members (excludes halogenated alkanes) is 1. The third-order valence-corrected chi connectivity index (χ3v) is 6.72. The maximum absolute atomic E-state index is 9.86. The molecule has 0 radical (unpaired) electrons. The third kappa shape index (κ3) is 6.39. The Morgan fingerprint density at radius 3 is 2.56 bits per heavy atom. The van der Waals surface area contributed by atoms with E-state index in [2.05, 4.69) is 40.0 Å². The Morgan fingerprint density at radius 2 is 1.84 bits per heavy atom. The number of nitrogens with one attached hydrogen (secondary N) is 3. The Morgan fingerprint density at radius 1 is 1.03 bits per heavy atom. The van der Waals surface area contributed by atoms with Crippen molar-refractivity contribution >= 4 is 11.8 Å². The van der Waals surface area contributed by atoms with Crippen molar-refractivity contribution in [1.82, 2.24) is 20.3 Å². The zero-order chi connectivity index (χ0) is 22.2. The van der Waals surface area contributed by atoms with E-state index in [-0.39, 0.29) is 6.10 Å². The van der Waals surface area contributed by atoms with Crippen LogP contribution in [0.3, 0.4) is 0 Å². The van der Waals surface area contributed by atoms with Gasteiger partial charge in [0.15, 0.2) is 0 Å². The first-order chi connectivity index (χ1) is 15.7. The highest BCUT2D eigenvalue weighted by Crippen LogP contribution is 2.29. The predicted octanol–water partition coefficient (Wildman–Crippen LogP) is 4.01. The topological polar surface area (TPSA) is 95.0 Å². The Bertz CT molecular complexity index is 829. The fourth-order valence-corrected chi connectivity index (χ4v) is 4.68. The number of hydrogen-bond acceptors (Lipinski definition) is 7. The molecule has 0 aromatic carbocycles. The zero-order valence-corrected chi connectivity index (χ0v) is 19.3. The van der Waals surface area contributed by atoms with E-state index in [9.17, 15) is 5.11 Å². The van der Waals surface area contributed by atoms with Crippen molar-refractivity contribution in [3.05, 3.63) is 30.1 Å². The number of anilines is 2. The lowest BCUT2D eigenvalue weighted by Crippen LogP contribution is -2.29. The summed E-state index contributed by atoms with van der Waals surface area (Å²) in [5, 5.41) is 20.3. The number of aliphatic hydroxyl groups is 1. The molecule has 0 spiro atoms. The summed E-state index contributed by atoms with van der Waals surface area (Å²) in [5.74, 6) is 2.24. The molecule has 1 saturated carbocycles. The van der Waals surface area contributed by atoms with Gasteiger partial charge in [0.25, 0.3) is 0 Å². The standard InChI is InChI=1S/C25H38N6O/c1-2-3-12-27-25-29-17-22(24(31-25)30-20-5-7-21(32)8-6-20)23-9-4-19(16-28-23)15-18-10-13-26-14-11-18/h4,9,16-18,20-21,26,32H,2-3,5-8,10-15H2,1H3,(H2,27,29,30,31). The maximum Gasteiger partial charge on any atom is 0.224 e. The normalized spacial score (nSPS) is 21.9. The Hall–Kier alpha value is -2.25. The van der Waals surface area contributed by atoms with Gasteiger partial charge in [0.05, 0.1) is 17.4 Å². The van der Waals surface area contributed by atoms with Crippen molar-refractivity contribution in [3.63, 3.8) is 0 Å². The van der Waals surface area contributed by atoms with Gasteiger partial charge < -0.3 is 21.1 Å². The van der Waals surface area contributed by atoms with Crippen molar-refractivity contribution in [2.75, 3.05) is 30.3 Å². The first-order valence-electron chi connectivity index (χ1n) is 12.4. The smallest absolute Gasteiger partial charge is 0.224 e. The van der Waals surface area contributed by atoms with E-state index in [0.717, 1.165) is 87.6 Å². The van der Waals surface area contributed by atoms with Gasteiger partial charge in [0, 0.05) is 25.0 Å². The van der Waals surface area contributed by atoms with E-state index >= 15 is 0 Å². The van der Waals surface area contributed by atoms with Crippen molar-refractivity contribution in [1.29, 1.82) is 0 Å². The molecule has 2 aliphatic rings. The molecule has 3 heterocycles. The average Bonchev–Trinajstić information content (AvgIpc) is 2.82. The van der Waals surface area contributed by atoms with Gasteiger partial charge >= 0.3 is 0 Å². The van der Waals surface area contributed by atoms with Crippen LogP contribution in [0.1, 0.15) is 63.9 Å². The molecule has 2 aromatic rings. The number of rotatable bonds is 9. The van der Waals surface area contributed by atoms with E-state index in [1.54, 1.807) is 0 Å². The van der Waals surface area contributed by atoms with Gasteiger partial charge in [-0.1, -0.05) is 19.4 Å². The lowest BCUT2D eigenvalue weighted by molar-refractivity contribution is 0.126. The minimum absolute atomic E-state index is 0.168. The van der Waals surface area contributed by atoms with Gasteiger partial charge in [0.2, 0.25) is 5.95 Å². The summed E-state index contributed by atoms with van der Waals surface area (Å²) < 4.78 is 0. The predicted molar refractivity (Wildman–Crippen MR) is 130 cm³/mol. The largest absolute Gasteiger partial charge is 0.393 e. The monoisotopic (exact) mass is 438 g/mol. The highest BCUT2D eigenvalue weighted by Gasteiger charge is 2.22. The van der Waals surface area contributed by atoms with Crippen LogP contribution in [0.2, 0.25) is 0 Å². The van der Waals surface area contributed by atoms with Gasteiger partial charge in [-0.25, -0.2) is 4.98 Å². The van der Waals surface area contributed by atoms with Gasteiger partial charge in [0.1, 0.15) is 5.82 Å². The number of hydrogen-bond donors (Lipinski definition) is 4. The SMILES string of the molecule is CCCCNc1ncc(-c2ccc(CC3CCNCC3)cn2)c(NC2CCC(O)CC2)n1. The summed E-state index contributed by atoms with van der Waals surface area (Å²) in [6.07, 6.45) is 13.1. The quantitative estimate of drug-likeness (QED) is 0.439. The number of piperidine rings is 1. The Labute approximate surface area is 191 Å². The third-order valence-electron chi connectivity index (χ3n) is 6.72. The molecule has 0 atom stereocenters. The van der Waals surface area contributed by atoms with Crippen LogP contribution in [0, 0.1) is 5.92 Å². The molecular weight excluding hydrogens is 400 g/mol. The van der Waals surface area contributed by atoms with Gasteiger partial charge in [-0.2, -0.15) is 4.98 Å². The van der Waals surface area contributed by atoms with Gasteiger partial charge in [-0.05, 0) is 82.0 Å². The van der Waals surface area contributed by atoms with Crippen molar-refractivity contribution in [2.24, 2.45) is 5.92 Å². The molecule has 1 saturated heterocycles. The van der Waals surface area contributed by atoms with E-state index in [1.807, 2.05) is 12.4 Å². The molecule has 174 valence electrons. The summed E-state index contributed by atoms with van der Waals surface area (Å²) in [4.78, 5) is 14.2. The van der Waals surface area contributed by atoms with E-state index in [4.69, 9.17) is 9.97 Å². The second kappa shape index (κ2) is 11.6. The van der Waals surface area contributed by atoms with E-state index in [0.29, 0.717) is 12.0 Å². The molecule has 1 aliphatic carbocycles. The fourth-order valence-electron chi connectivity index (χ4n) is 4.68. The molecule has 1 aliphatic heterocycles. The molecule has 2 aromatic heterocycles. The molecule has 2 fully saturated rings. The van der Waals surface area contributed by atoms with Crippen LogP contribution in [0.25, 0.3) is 11.3 Å². The molecule has 7 heteroatoms. The number of aromatic nitrogens is 3. The lowest BCUT2D eigenvalue weighted by atomic mass is 9.91.